The SMILES string of the molecule is CC(C)CC(=O)NC(=S)Nc1cc(-c2nc3ccccc3s2)ccc1Cl. The molecule has 0 saturated heterocycles. The van der Waals surface area contributed by atoms with Crippen molar-refractivity contribution in [3.8, 4) is 10.6 Å². The molecule has 3 rings (SSSR count). The van der Waals surface area contributed by atoms with Crippen LogP contribution in [-0.2, 0) is 4.79 Å². The zero-order valence-electron chi connectivity index (χ0n) is 14.4. The number of halogens is 1. The minimum absolute atomic E-state index is 0.115. The maximum atomic E-state index is 11.8. The molecule has 26 heavy (non-hydrogen) atoms. The van der Waals surface area contributed by atoms with Gasteiger partial charge in [0.15, 0.2) is 5.11 Å². The van der Waals surface area contributed by atoms with Gasteiger partial charge in [-0.1, -0.05) is 43.6 Å². The summed E-state index contributed by atoms with van der Waals surface area (Å²) >= 11 is 13.1. The zero-order chi connectivity index (χ0) is 18.7. The van der Waals surface area contributed by atoms with Crippen LogP contribution in [0.3, 0.4) is 0 Å². The Bertz CT molecular complexity index is 935. The predicted octanol–water partition coefficient (Wildman–Crippen LogP) is 5.48. The van der Waals surface area contributed by atoms with E-state index in [1.54, 1.807) is 17.4 Å². The van der Waals surface area contributed by atoms with Crippen LogP contribution < -0.4 is 10.6 Å². The Morgan fingerprint density at radius 1 is 1.27 bits per heavy atom. The van der Waals surface area contributed by atoms with Crippen LogP contribution >= 0.6 is 35.2 Å². The van der Waals surface area contributed by atoms with Crippen LogP contribution in [0.25, 0.3) is 20.8 Å². The molecule has 0 spiro atoms. The molecule has 0 aliphatic heterocycles. The smallest absolute Gasteiger partial charge is 0.226 e. The topological polar surface area (TPSA) is 54.0 Å². The van der Waals surface area contributed by atoms with Crippen molar-refractivity contribution in [2.24, 2.45) is 5.92 Å². The molecule has 134 valence electrons. The lowest BCUT2D eigenvalue weighted by Gasteiger charge is -2.12. The van der Waals surface area contributed by atoms with Crippen molar-refractivity contribution in [1.29, 1.82) is 0 Å². The molecule has 0 aliphatic rings. The number of aromatic nitrogens is 1. The minimum Gasteiger partial charge on any atom is -0.331 e. The highest BCUT2D eigenvalue weighted by Gasteiger charge is 2.11. The van der Waals surface area contributed by atoms with E-state index in [9.17, 15) is 4.79 Å². The van der Waals surface area contributed by atoms with Crippen molar-refractivity contribution in [3.05, 3.63) is 47.5 Å². The number of para-hydroxylation sites is 1. The van der Waals surface area contributed by atoms with Crippen molar-refractivity contribution >= 4 is 62.1 Å². The molecule has 0 fully saturated rings. The molecule has 1 heterocycles. The molecule has 0 radical (unpaired) electrons. The number of benzene rings is 2. The zero-order valence-corrected chi connectivity index (χ0v) is 16.8. The molecule has 7 heteroatoms. The third-order valence-electron chi connectivity index (χ3n) is 3.60. The largest absolute Gasteiger partial charge is 0.331 e. The van der Waals surface area contributed by atoms with Crippen molar-refractivity contribution in [1.82, 2.24) is 10.3 Å². The van der Waals surface area contributed by atoms with Gasteiger partial charge in [0.25, 0.3) is 0 Å². The van der Waals surface area contributed by atoms with E-state index in [4.69, 9.17) is 23.8 Å². The third kappa shape index (κ3) is 4.58. The molecule has 2 aromatic carbocycles. The lowest BCUT2D eigenvalue weighted by molar-refractivity contribution is -0.120. The normalized spacial score (nSPS) is 10.9. The van der Waals surface area contributed by atoms with Crippen molar-refractivity contribution in [2.75, 3.05) is 5.32 Å². The van der Waals surface area contributed by atoms with Gasteiger partial charge in [0.2, 0.25) is 5.91 Å². The molecule has 4 nitrogen and oxygen atoms in total. The average Bonchev–Trinajstić information content (AvgIpc) is 3.00. The highest BCUT2D eigenvalue weighted by Crippen LogP contribution is 2.33. The predicted molar refractivity (Wildman–Crippen MR) is 114 cm³/mol. The van der Waals surface area contributed by atoms with Crippen LogP contribution in [0.4, 0.5) is 5.69 Å². The summed E-state index contributed by atoms with van der Waals surface area (Å²) in [5, 5.41) is 7.34. The Balaban J connectivity index is 1.79. The lowest BCUT2D eigenvalue weighted by Crippen LogP contribution is -2.34. The molecular weight excluding hydrogens is 386 g/mol. The molecule has 0 unspecified atom stereocenters. The Hall–Kier alpha value is -2.02. The first-order valence-electron chi connectivity index (χ1n) is 8.18. The van der Waals surface area contributed by atoms with Gasteiger partial charge in [0, 0.05) is 12.0 Å². The van der Waals surface area contributed by atoms with Gasteiger partial charge in [-0.15, -0.1) is 11.3 Å². The van der Waals surface area contributed by atoms with Gasteiger partial charge < -0.3 is 10.6 Å². The van der Waals surface area contributed by atoms with E-state index in [1.165, 1.54) is 0 Å². The highest BCUT2D eigenvalue weighted by molar-refractivity contribution is 7.80. The number of amides is 1. The number of carbonyl (C=O) groups excluding carboxylic acids is 1. The number of anilines is 1. The van der Waals surface area contributed by atoms with E-state index >= 15 is 0 Å². The van der Waals surface area contributed by atoms with Gasteiger partial charge >= 0.3 is 0 Å². The van der Waals surface area contributed by atoms with E-state index in [0.717, 1.165) is 20.8 Å². The Morgan fingerprint density at radius 2 is 2.04 bits per heavy atom. The first kappa shape index (κ1) is 18.8. The Labute approximate surface area is 166 Å². The number of fused-ring (bicyclic) bond motifs is 1. The fraction of sp³-hybridized carbons (Fsp3) is 0.211. The number of nitrogens with zero attached hydrogens (tertiary/aromatic N) is 1. The van der Waals surface area contributed by atoms with Gasteiger partial charge in [-0.3, -0.25) is 4.79 Å². The van der Waals surface area contributed by atoms with E-state index < -0.39 is 0 Å². The second kappa shape index (κ2) is 8.12. The quantitative estimate of drug-likeness (QED) is 0.566. The van der Waals surface area contributed by atoms with Crippen LogP contribution in [0.15, 0.2) is 42.5 Å². The summed E-state index contributed by atoms with van der Waals surface area (Å²) in [6.07, 6.45) is 0.418. The minimum atomic E-state index is -0.115. The van der Waals surface area contributed by atoms with Crippen molar-refractivity contribution in [2.45, 2.75) is 20.3 Å². The average molecular weight is 404 g/mol. The number of hydrogen-bond donors (Lipinski definition) is 2. The summed E-state index contributed by atoms with van der Waals surface area (Å²) in [5.74, 6) is 0.153. The summed E-state index contributed by atoms with van der Waals surface area (Å²) in [7, 11) is 0. The number of nitrogens with one attached hydrogen (secondary N) is 2. The van der Waals surface area contributed by atoms with Crippen LogP contribution in [0.1, 0.15) is 20.3 Å². The Morgan fingerprint density at radius 3 is 2.77 bits per heavy atom. The van der Waals surface area contributed by atoms with Gasteiger partial charge in [-0.2, -0.15) is 0 Å². The highest BCUT2D eigenvalue weighted by atomic mass is 35.5. The summed E-state index contributed by atoms with van der Waals surface area (Å²) in [6.45, 7) is 3.96. The van der Waals surface area contributed by atoms with Gasteiger partial charge in [-0.25, -0.2) is 4.98 Å². The third-order valence-corrected chi connectivity index (χ3v) is 5.22. The molecule has 0 bridgehead atoms. The van der Waals surface area contributed by atoms with E-state index in [1.807, 2.05) is 50.2 Å². The fourth-order valence-corrected chi connectivity index (χ4v) is 3.80. The number of rotatable bonds is 4. The maximum Gasteiger partial charge on any atom is 0.226 e. The molecule has 0 atom stereocenters. The summed E-state index contributed by atoms with van der Waals surface area (Å²) in [5.41, 5.74) is 2.54. The number of hydrogen-bond acceptors (Lipinski definition) is 4. The van der Waals surface area contributed by atoms with Gasteiger partial charge in [0.05, 0.1) is 20.9 Å². The standard InChI is InChI=1S/C19H18ClN3OS2/c1-11(2)9-17(24)23-19(25)22-15-10-12(7-8-13(15)20)18-21-14-5-3-4-6-16(14)26-18/h3-8,10-11H,9H2,1-2H3,(H2,22,23,24,25). The van der Waals surface area contributed by atoms with E-state index in [2.05, 4.69) is 15.6 Å². The second-order valence-corrected chi connectivity index (χ2v) is 8.13. The number of carbonyl (C=O) groups is 1. The van der Waals surface area contributed by atoms with Crippen LogP contribution in [0.2, 0.25) is 5.02 Å². The molecule has 1 aromatic heterocycles. The molecule has 3 aromatic rings. The summed E-state index contributed by atoms with van der Waals surface area (Å²) in [6, 6.07) is 13.6. The summed E-state index contributed by atoms with van der Waals surface area (Å²) < 4.78 is 1.13. The molecular formula is C19H18ClN3OS2. The van der Waals surface area contributed by atoms with Crippen LogP contribution in [0, 0.1) is 5.92 Å². The number of thiazole rings is 1. The second-order valence-electron chi connectivity index (χ2n) is 6.28. The Kier molecular flexibility index (Phi) is 5.86. The van der Waals surface area contributed by atoms with E-state index in [-0.39, 0.29) is 16.9 Å². The van der Waals surface area contributed by atoms with Gasteiger partial charge in [-0.05, 0) is 42.4 Å². The molecule has 0 saturated carbocycles. The molecule has 1 amide bonds. The first-order valence-corrected chi connectivity index (χ1v) is 9.79. The molecule has 0 aliphatic carbocycles. The lowest BCUT2D eigenvalue weighted by atomic mass is 10.1. The number of thiocarbonyl (C=S) groups is 1. The van der Waals surface area contributed by atoms with Gasteiger partial charge in [0.1, 0.15) is 5.01 Å². The van der Waals surface area contributed by atoms with Crippen LogP contribution in [-0.4, -0.2) is 16.0 Å². The van der Waals surface area contributed by atoms with Crippen molar-refractivity contribution in [3.63, 3.8) is 0 Å². The van der Waals surface area contributed by atoms with Crippen molar-refractivity contribution < 1.29 is 4.79 Å². The monoisotopic (exact) mass is 403 g/mol. The van der Waals surface area contributed by atoms with Crippen LogP contribution in [0.5, 0.6) is 0 Å². The summed E-state index contributed by atoms with van der Waals surface area (Å²) in [4.78, 5) is 16.5. The molecule has 2 N–H and O–H groups in total. The first-order chi connectivity index (χ1) is 12.4. The maximum absolute atomic E-state index is 11.8. The fourth-order valence-electron chi connectivity index (χ4n) is 2.45. The van der Waals surface area contributed by atoms with E-state index in [0.29, 0.717) is 17.1 Å².